The number of benzene rings is 3. The maximum absolute atomic E-state index is 12.6. The van der Waals surface area contributed by atoms with E-state index in [-0.39, 0.29) is 11.8 Å². The van der Waals surface area contributed by atoms with Crippen molar-refractivity contribution in [3.63, 3.8) is 0 Å². The van der Waals surface area contributed by atoms with Crippen LogP contribution in [0.4, 0.5) is 0 Å². The van der Waals surface area contributed by atoms with E-state index in [1.165, 1.54) is 18.9 Å². The Labute approximate surface area is 190 Å². The van der Waals surface area contributed by atoms with Gasteiger partial charge in [-0.3, -0.25) is 14.6 Å². The SMILES string of the molecule is CC(=O)Oc1ccc2ccccc2c1C1=NN(C(C)=O)[C@@H](c2cc(C)nc3ccccc23)O1. The quantitative estimate of drug-likeness (QED) is 0.336. The van der Waals surface area contributed by atoms with E-state index >= 15 is 0 Å². The highest BCUT2D eigenvalue weighted by molar-refractivity contribution is 6.10. The molecular formula is C26H21N3O4. The van der Waals surface area contributed by atoms with E-state index in [9.17, 15) is 9.59 Å². The van der Waals surface area contributed by atoms with Gasteiger partial charge < -0.3 is 9.47 Å². The summed E-state index contributed by atoms with van der Waals surface area (Å²) in [6, 6.07) is 20.8. The second-order valence-electron chi connectivity index (χ2n) is 7.86. The number of aromatic nitrogens is 1. The minimum atomic E-state index is -0.784. The van der Waals surface area contributed by atoms with Crippen LogP contribution in [0.5, 0.6) is 5.75 Å². The van der Waals surface area contributed by atoms with Crippen LogP contribution in [-0.2, 0) is 14.3 Å². The van der Waals surface area contributed by atoms with Crippen LogP contribution in [0.3, 0.4) is 0 Å². The summed E-state index contributed by atoms with van der Waals surface area (Å²) < 4.78 is 11.8. The summed E-state index contributed by atoms with van der Waals surface area (Å²) in [4.78, 5) is 29.0. The number of nitrogens with zero attached hydrogens (tertiary/aromatic N) is 3. The Bertz CT molecular complexity index is 1460. The summed E-state index contributed by atoms with van der Waals surface area (Å²) in [7, 11) is 0. The fourth-order valence-electron chi connectivity index (χ4n) is 4.13. The molecule has 1 atom stereocenters. The Morgan fingerprint density at radius 3 is 2.45 bits per heavy atom. The number of rotatable bonds is 3. The Morgan fingerprint density at radius 2 is 1.70 bits per heavy atom. The smallest absolute Gasteiger partial charge is 0.308 e. The van der Waals surface area contributed by atoms with Crippen LogP contribution in [0.15, 0.2) is 71.8 Å². The van der Waals surface area contributed by atoms with Crippen molar-refractivity contribution in [1.29, 1.82) is 0 Å². The predicted molar refractivity (Wildman–Crippen MR) is 125 cm³/mol. The molecule has 0 fully saturated rings. The van der Waals surface area contributed by atoms with Gasteiger partial charge in [-0.1, -0.05) is 48.5 Å². The molecule has 33 heavy (non-hydrogen) atoms. The average Bonchev–Trinajstić information content (AvgIpc) is 3.23. The highest BCUT2D eigenvalue weighted by atomic mass is 16.5. The number of aryl methyl sites for hydroxylation is 1. The van der Waals surface area contributed by atoms with Crippen LogP contribution >= 0.6 is 0 Å². The molecule has 4 aromatic rings. The summed E-state index contributed by atoms with van der Waals surface area (Å²) in [6.45, 7) is 4.68. The Hall–Kier alpha value is -4.26. The van der Waals surface area contributed by atoms with Gasteiger partial charge in [0.25, 0.3) is 0 Å². The van der Waals surface area contributed by atoms with Crippen LogP contribution in [0, 0.1) is 6.92 Å². The van der Waals surface area contributed by atoms with E-state index in [1.54, 1.807) is 6.07 Å². The molecule has 0 saturated carbocycles. The van der Waals surface area contributed by atoms with Crippen LogP contribution in [0.2, 0.25) is 0 Å². The number of carbonyl (C=O) groups excluding carboxylic acids is 2. The number of para-hydroxylation sites is 1. The number of esters is 1. The number of hydrogen-bond acceptors (Lipinski definition) is 6. The maximum atomic E-state index is 12.6. The topological polar surface area (TPSA) is 81.1 Å². The third-order valence-electron chi connectivity index (χ3n) is 5.47. The van der Waals surface area contributed by atoms with Crippen molar-refractivity contribution in [2.75, 3.05) is 0 Å². The predicted octanol–water partition coefficient (Wildman–Crippen LogP) is 4.86. The number of carbonyl (C=O) groups is 2. The van der Waals surface area contributed by atoms with Gasteiger partial charge in [0.05, 0.1) is 11.1 Å². The molecular weight excluding hydrogens is 418 g/mol. The fourth-order valence-corrected chi connectivity index (χ4v) is 4.13. The van der Waals surface area contributed by atoms with E-state index in [1.807, 2.05) is 67.6 Å². The third kappa shape index (κ3) is 3.67. The zero-order valence-corrected chi connectivity index (χ0v) is 18.4. The maximum Gasteiger partial charge on any atom is 0.308 e. The lowest BCUT2D eigenvalue weighted by Gasteiger charge is -2.21. The lowest BCUT2D eigenvalue weighted by atomic mass is 10.0. The first-order chi connectivity index (χ1) is 15.9. The van der Waals surface area contributed by atoms with Gasteiger partial charge in [0.2, 0.25) is 18.0 Å². The molecule has 7 heteroatoms. The summed E-state index contributed by atoms with van der Waals surface area (Å²) in [5.41, 5.74) is 2.90. The van der Waals surface area contributed by atoms with Gasteiger partial charge in [-0.05, 0) is 35.9 Å². The Balaban J connectivity index is 1.69. The minimum Gasteiger partial charge on any atom is -0.446 e. The molecule has 1 aliphatic rings. The minimum absolute atomic E-state index is 0.210. The number of fused-ring (bicyclic) bond motifs is 2. The normalized spacial score (nSPS) is 15.4. The van der Waals surface area contributed by atoms with Crippen molar-refractivity contribution in [2.45, 2.75) is 27.0 Å². The average molecular weight is 439 g/mol. The van der Waals surface area contributed by atoms with Gasteiger partial charge in [0.1, 0.15) is 5.75 Å². The number of ether oxygens (including phenoxy) is 2. The molecule has 7 nitrogen and oxygen atoms in total. The van der Waals surface area contributed by atoms with E-state index in [0.29, 0.717) is 11.3 Å². The van der Waals surface area contributed by atoms with Crippen LogP contribution in [0.1, 0.15) is 36.9 Å². The summed E-state index contributed by atoms with van der Waals surface area (Å²) in [5, 5.41) is 8.45. The molecule has 2 heterocycles. The second-order valence-corrected chi connectivity index (χ2v) is 7.86. The van der Waals surface area contributed by atoms with Gasteiger partial charge in [0.15, 0.2) is 0 Å². The summed E-state index contributed by atoms with van der Waals surface area (Å²) in [6.07, 6.45) is -0.784. The molecule has 0 spiro atoms. The number of hydrogen-bond donors (Lipinski definition) is 0. The molecule has 0 saturated heterocycles. The lowest BCUT2D eigenvalue weighted by Crippen LogP contribution is -2.25. The molecule has 1 aliphatic heterocycles. The van der Waals surface area contributed by atoms with Crippen molar-refractivity contribution in [3.05, 3.63) is 83.6 Å². The standard InChI is InChI=1S/C26H21N3O4/c1-15-14-21(20-10-6-7-11-22(20)27-15)26-29(16(2)30)28-25(33-26)24-19-9-5-4-8-18(19)12-13-23(24)32-17(3)31/h4-14,26H,1-3H3/t26-/m1/s1. The molecule has 1 aromatic heterocycles. The molecule has 0 N–H and O–H groups in total. The van der Waals surface area contributed by atoms with Crippen LogP contribution in [-0.4, -0.2) is 27.8 Å². The van der Waals surface area contributed by atoms with E-state index < -0.39 is 12.2 Å². The number of pyridine rings is 1. The van der Waals surface area contributed by atoms with Crippen LogP contribution in [0.25, 0.3) is 21.7 Å². The molecule has 0 radical (unpaired) electrons. The van der Waals surface area contributed by atoms with Crippen molar-refractivity contribution in [2.24, 2.45) is 5.10 Å². The van der Waals surface area contributed by atoms with E-state index in [4.69, 9.17) is 9.47 Å². The molecule has 164 valence electrons. The Morgan fingerprint density at radius 1 is 0.970 bits per heavy atom. The zero-order valence-electron chi connectivity index (χ0n) is 18.4. The monoisotopic (exact) mass is 439 g/mol. The van der Waals surface area contributed by atoms with Gasteiger partial charge in [0, 0.05) is 30.5 Å². The first kappa shape index (κ1) is 20.6. The van der Waals surface area contributed by atoms with E-state index in [2.05, 4.69) is 10.1 Å². The van der Waals surface area contributed by atoms with Crippen molar-refractivity contribution < 1.29 is 19.1 Å². The highest BCUT2D eigenvalue weighted by Crippen LogP contribution is 2.38. The molecule has 0 aliphatic carbocycles. The fraction of sp³-hybridized carbons (Fsp3) is 0.154. The molecule has 0 unspecified atom stereocenters. The third-order valence-corrected chi connectivity index (χ3v) is 5.47. The molecule has 3 aromatic carbocycles. The van der Waals surface area contributed by atoms with Gasteiger partial charge in [-0.2, -0.15) is 5.01 Å². The van der Waals surface area contributed by atoms with E-state index in [0.717, 1.165) is 32.9 Å². The van der Waals surface area contributed by atoms with Crippen molar-refractivity contribution in [3.8, 4) is 5.75 Å². The van der Waals surface area contributed by atoms with Crippen LogP contribution < -0.4 is 4.74 Å². The Kier molecular flexibility index (Phi) is 5.01. The summed E-state index contributed by atoms with van der Waals surface area (Å²) in [5.74, 6) is -0.203. The first-order valence-corrected chi connectivity index (χ1v) is 10.5. The molecule has 5 rings (SSSR count). The highest BCUT2D eigenvalue weighted by Gasteiger charge is 2.36. The summed E-state index contributed by atoms with van der Waals surface area (Å²) >= 11 is 0. The van der Waals surface area contributed by atoms with Gasteiger partial charge >= 0.3 is 5.97 Å². The van der Waals surface area contributed by atoms with Gasteiger partial charge in [-0.15, -0.1) is 5.10 Å². The van der Waals surface area contributed by atoms with Crippen molar-refractivity contribution in [1.82, 2.24) is 9.99 Å². The number of hydrazone groups is 1. The molecule has 0 bridgehead atoms. The van der Waals surface area contributed by atoms with Crippen molar-refractivity contribution >= 4 is 39.4 Å². The molecule has 1 amide bonds. The zero-order chi connectivity index (χ0) is 23.1. The number of amides is 1. The second kappa shape index (κ2) is 8.02. The first-order valence-electron chi connectivity index (χ1n) is 10.5. The largest absolute Gasteiger partial charge is 0.446 e. The lowest BCUT2D eigenvalue weighted by molar-refractivity contribution is -0.135. The van der Waals surface area contributed by atoms with Gasteiger partial charge in [-0.25, -0.2) is 0 Å².